The predicted molar refractivity (Wildman–Crippen MR) is 152 cm³/mol. The number of hydrogen-bond donors (Lipinski definition) is 2. The first-order valence-corrected chi connectivity index (χ1v) is 14.0. The number of nitrogens with one attached hydrogen (secondary N) is 2. The Hall–Kier alpha value is -2.76. The van der Waals surface area contributed by atoms with Crippen LogP contribution < -0.4 is 10.6 Å². The molecule has 1 atom stereocenters. The fourth-order valence-corrected chi connectivity index (χ4v) is 5.82. The lowest BCUT2D eigenvalue weighted by Gasteiger charge is -2.38. The first-order valence-electron chi connectivity index (χ1n) is 13.2. The smallest absolute Gasteiger partial charge is 0.325 e. The highest BCUT2D eigenvalue weighted by Gasteiger charge is 2.52. The van der Waals surface area contributed by atoms with E-state index in [9.17, 15) is 23.2 Å². The SMILES string of the molecule is Cl.O=C(N[C@@H](CCN1CCC2(CC1)NC(=O)N(Cc1ccc(Br)cc1)C2=O)c1ccccc1)N1CCC(F)(F)C1. The molecule has 5 rings (SSSR count). The van der Waals surface area contributed by atoms with E-state index in [1.54, 1.807) is 0 Å². The Bertz CT molecular complexity index is 1210. The van der Waals surface area contributed by atoms with Crippen molar-refractivity contribution in [2.75, 3.05) is 32.7 Å². The molecular formula is C28H33BrClF2N5O3. The number of nitrogens with zero attached hydrogens (tertiary/aromatic N) is 3. The van der Waals surface area contributed by atoms with Gasteiger partial charge in [0.15, 0.2) is 0 Å². The Labute approximate surface area is 247 Å². The van der Waals surface area contributed by atoms with Crippen LogP contribution in [0.2, 0.25) is 0 Å². The summed E-state index contributed by atoms with van der Waals surface area (Å²) in [5.74, 6) is -3.03. The van der Waals surface area contributed by atoms with Gasteiger partial charge in [-0.05, 0) is 42.5 Å². The standard InChI is InChI=1S/C28H32BrF2N5O3.ClH/c29-22-8-6-20(7-9-22)18-36-24(37)27(33-26(36)39)11-15-34(16-12-27)14-10-23(21-4-2-1-3-5-21)32-25(38)35-17-13-28(30,31)19-35;/h1-9,23H,10-19H2,(H,32,38)(H,33,39);1H/t23-;/m0./s1. The monoisotopic (exact) mass is 639 g/mol. The molecule has 3 fully saturated rings. The van der Waals surface area contributed by atoms with Crippen molar-refractivity contribution < 1.29 is 23.2 Å². The van der Waals surface area contributed by atoms with E-state index < -0.39 is 24.0 Å². The molecule has 2 aromatic rings. The lowest BCUT2D eigenvalue weighted by molar-refractivity contribution is -0.133. The maximum absolute atomic E-state index is 13.6. The largest absolute Gasteiger partial charge is 0.331 e. The maximum atomic E-state index is 13.6. The van der Waals surface area contributed by atoms with E-state index in [0.29, 0.717) is 38.9 Å². The van der Waals surface area contributed by atoms with Crippen molar-refractivity contribution in [3.8, 4) is 0 Å². The minimum atomic E-state index is -2.84. The number of piperidine rings is 1. The molecule has 3 saturated heterocycles. The van der Waals surface area contributed by atoms with Gasteiger partial charge in [0.25, 0.3) is 11.8 Å². The van der Waals surface area contributed by atoms with E-state index >= 15 is 0 Å². The molecule has 3 heterocycles. The number of carbonyl (C=O) groups is 3. The van der Waals surface area contributed by atoms with Gasteiger partial charge < -0.3 is 20.4 Å². The van der Waals surface area contributed by atoms with Crippen LogP contribution in [0, 0.1) is 0 Å². The molecule has 2 N–H and O–H groups in total. The molecule has 0 saturated carbocycles. The van der Waals surface area contributed by atoms with Crippen LogP contribution in [0.5, 0.6) is 0 Å². The lowest BCUT2D eigenvalue weighted by Crippen LogP contribution is -2.55. The number of imide groups is 1. The number of carbonyl (C=O) groups excluding carboxylic acids is 3. The molecule has 2 aromatic carbocycles. The molecule has 0 unspecified atom stereocenters. The summed E-state index contributed by atoms with van der Waals surface area (Å²) in [5.41, 5.74) is 0.895. The summed E-state index contributed by atoms with van der Waals surface area (Å²) >= 11 is 3.40. The molecule has 5 amide bonds. The van der Waals surface area contributed by atoms with E-state index in [4.69, 9.17) is 0 Å². The molecule has 0 bridgehead atoms. The minimum Gasteiger partial charge on any atom is -0.331 e. The second-order valence-corrected chi connectivity index (χ2v) is 11.5. The molecule has 1 spiro atoms. The van der Waals surface area contributed by atoms with Crippen LogP contribution in [-0.4, -0.2) is 76.9 Å². The summed E-state index contributed by atoms with van der Waals surface area (Å²) in [6.07, 6.45) is 1.27. The second kappa shape index (κ2) is 12.4. The Morgan fingerprint density at radius 2 is 1.68 bits per heavy atom. The number of amides is 5. The number of rotatable bonds is 7. The van der Waals surface area contributed by atoms with Gasteiger partial charge in [0.05, 0.1) is 19.1 Å². The third-order valence-electron chi connectivity index (χ3n) is 7.90. The summed E-state index contributed by atoms with van der Waals surface area (Å²) in [7, 11) is 0. The van der Waals surface area contributed by atoms with Gasteiger partial charge in [-0.1, -0.05) is 58.4 Å². The van der Waals surface area contributed by atoms with Crippen LogP contribution >= 0.6 is 28.3 Å². The zero-order chi connectivity index (χ0) is 27.6. The first-order chi connectivity index (χ1) is 18.6. The lowest BCUT2D eigenvalue weighted by atomic mass is 9.87. The van der Waals surface area contributed by atoms with E-state index in [1.165, 1.54) is 9.80 Å². The predicted octanol–water partition coefficient (Wildman–Crippen LogP) is 4.94. The summed E-state index contributed by atoms with van der Waals surface area (Å²) in [6.45, 7) is 1.58. The average Bonchev–Trinajstić information content (AvgIpc) is 3.40. The summed E-state index contributed by atoms with van der Waals surface area (Å²) in [5, 5.41) is 5.91. The number of benzene rings is 2. The van der Waals surface area contributed by atoms with Gasteiger partial charge in [-0.3, -0.25) is 9.69 Å². The maximum Gasteiger partial charge on any atom is 0.325 e. The molecule has 216 valence electrons. The summed E-state index contributed by atoms with van der Waals surface area (Å²) < 4.78 is 28.2. The quantitative estimate of drug-likeness (QED) is 0.420. The molecule has 3 aliphatic heterocycles. The van der Waals surface area contributed by atoms with Crippen molar-refractivity contribution in [3.05, 3.63) is 70.2 Å². The number of urea groups is 2. The second-order valence-electron chi connectivity index (χ2n) is 10.6. The number of likely N-dealkylation sites (tertiary alicyclic amines) is 2. The first kappa shape index (κ1) is 30.2. The fourth-order valence-electron chi connectivity index (χ4n) is 5.56. The van der Waals surface area contributed by atoms with Crippen molar-refractivity contribution in [3.63, 3.8) is 0 Å². The van der Waals surface area contributed by atoms with E-state index in [1.807, 2.05) is 54.6 Å². The van der Waals surface area contributed by atoms with Crippen LogP contribution in [0.25, 0.3) is 0 Å². The minimum absolute atomic E-state index is 0. The van der Waals surface area contributed by atoms with Crippen molar-refractivity contribution in [1.29, 1.82) is 0 Å². The Morgan fingerprint density at radius 3 is 2.30 bits per heavy atom. The zero-order valence-corrected chi connectivity index (χ0v) is 24.4. The topological polar surface area (TPSA) is 85.0 Å². The van der Waals surface area contributed by atoms with Gasteiger partial charge in [0.1, 0.15) is 5.54 Å². The van der Waals surface area contributed by atoms with E-state index in [-0.39, 0.29) is 49.9 Å². The molecule has 40 heavy (non-hydrogen) atoms. The Morgan fingerprint density at radius 1 is 1.00 bits per heavy atom. The highest BCUT2D eigenvalue weighted by molar-refractivity contribution is 9.10. The normalized spacial score (nSPS) is 20.8. The third kappa shape index (κ3) is 6.75. The van der Waals surface area contributed by atoms with Gasteiger partial charge in [0, 0.05) is 37.1 Å². The molecular weight excluding hydrogens is 608 g/mol. The van der Waals surface area contributed by atoms with Crippen molar-refractivity contribution in [2.24, 2.45) is 0 Å². The number of alkyl halides is 2. The molecule has 8 nitrogen and oxygen atoms in total. The van der Waals surface area contributed by atoms with E-state index in [2.05, 4.69) is 31.5 Å². The third-order valence-corrected chi connectivity index (χ3v) is 8.43. The molecule has 0 radical (unpaired) electrons. The van der Waals surface area contributed by atoms with Crippen molar-refractivity contribution in [2.45, 2.75) is 49.7 Å². The Kier molecular flexibility index (Phi) is 9.36. The fraction of sp³-hybridized carbons (Fsp3) is 0.464. The summed E-state index contributed by atoms with van der Waals surface area (Å²) in [4.78, 5) is 43.5. The molecule has 3 aliphatic rings. The van der Waals surface area contributed by atoms with Crippen LogP contribution in [-0.2, 0) is 11.3 Å². The van der Waals surface area contributed by atoms with Crippen molar-refractivity contribution >= 4 is 46.3 Å². The molecule has 12 heteroatoms. The highest BCUT2D eigenvalue weighted by Crippen LogP contribution is 2.32. The number of hydrogen-bond acceptors (Lipinski definition) is 4. The van der Waals surface area contributed by atoms with Crippen molar-refractivity contribution in [1.82, 2.24) is 25.3 Å². The van der Waals surface area contributed by atoms with Crippen LogP contribution in [0.3, 0.4) is 0 Å². The number of halogens is 4. The van der Waals surface area contributed by atoms with Gasteiger partial charge in [-0.2, -0.15) is 0 Å². The molecule has 0 aromatic heterocycles. The van der Waals surface area contributed by atoms with Gasteiger partial charge in [-0.15, -0.1) is 12.4 Å². The highest BCUT2D eigenvalue weighted by atomic mass is 79.9. The summed E-state index contributed by atoms with van der Waals surface area (Å²) in [6, 6.07) is 15.8. The van der Waals surface area contributed by atoms with Gasteiger partial charge >= 0.3 is 12.1 Å². The molecule has 0 aliphatic carbocycles. The van der Waals surface area contributed by atoms with E-state index in [0.717, 1.165) is 15.6 Å². The Balaban J connectivity index is 0.00000370. The van der Waals surface area contributed by atoms with Crippen LogP contribution in [0.4, 0.5) is 18.4 Å². The van der Waals surface area contributed by atoms with Gasteiger partial charge in [-0.25, -0.2) is 18.4 Å². The van der Waals surface area contributed by atoms with Crippen LogP contribution in [0.1, 0.15) is 42.9 Å². The van der Waals surface area contributed by atoms with Crippen LogP contribution in [0.15, 0.2) is 59.1 Å². The zero-order valence-electron chi connectivity index (χ0n) is 22.0. The van der Waals surface area contributed by atoms with Gasteiger partial charge in [0.2, 0.25) is 0 Å². The average molecular weight is 641 g/mol.